The van der Waals surface area contributed by atoms with Crippen LogP contribution >= 0.6 is 11.8 Å². The molecule has 0 aliphatic rings. The van der Waals surface area contributed by atoms with E-state index in [-0.39, 0.29) is 11.7 Å². The molecule has 0 atom stereocenters. The van der Waals surface area contributed by atoms with Gasteiger partial charge in [0, 0.05) is 11.3 Å². The summed E-state index contributed by atoms with van der Waals surface area (Å²) in [5, 5.41) is 0. The summed E-state index contributed by atoms with van der Waals surface area (Å²) in [6, 6.07) is 4.78. The standard InChI is InChI=1S/C9H12FN.C2H6S.C2H6/c1-6(2)9-7(10)4-3-5-8(9)11;1-3-2;1-2/h3-6H,11H2,1-2H3;1-2H3;1-2H3. The summed E-state index contributed by atoms with van der Waals surface area (Å²) in [4.78, 5) is 0. The minimum Gasteiger partial charge on any atom is -0.398 e. The van der Waals surface area contributed by atoms with Gasteiger partial charge in [0.2, 0.25) is 0 Å². The summed E-state index contributed by atoms with van der Waals surface area (Å²) >= 11 is 1.75. The van der Waals surface area contributed by atoms with Crippen LogP contribution in [-0.2, 0) is 0 Å². The maximum Gasteiger partial charge on any atom is 0.128 e. The Morgan fingerprint density at radius 1 is 1.19 bits per heavy atom. The molecule has 0 saturated carbocycles. The second-order valence-electron chi connectivity index (χ2n) is 3.31. The predicted octanol–water partition coefficient (Wildman–Crippen LogP) is 4.54. The van der Waals surface area contributed by atoms with Crippen molar-refractivity contribution in [1.29, 1.82) is 0 Å². The van der Waals surface area contributed by atoms with Crippen molar-refractivity contribution >= 4 is 17.4 Å². The molecule has 0 aromatic heterocycles. The number of hydrogen-bond acceptors (Lipinski definition) is 2. The van der Waals surface area contributed by atoms with Gasteiger partial charge in [-0.1, -0.05) is 33.8 Å². The van der Waals surface area contributed by atoms with Crippen LogP contribution in [-0.4, -0.2) is 12.5 Å². The topological polar surface area (TPSA) is 26.0 Å². The second-order valence-corrected chi connectivity index (χ2v) is 4.12. The molecule has 1 nitrogen and oxygen atoms in total. The van der Waals surface area contributed by atoms with Gasteiger partial charge in [0.1, 0.15) is 5.82 Å². The molecule has 1 rings (SSSR count). The number of nitrogen functional groups attached to an aromatic ring is 1. The quantitative estimate of drug-likeness (QED) is 0.735. The fourth-order valence-electron chi connectivity index (χ4n) is 1.16. The van der Waals surface area contributed by atoms with Gasteiger partial charge in [0.15, 0.2) is 0 Å². The molecule has 3 heteroatoms. The Kier molecular flexibility index (Phi) is 11.9. The first-order valence-corrected chi connectivity index (χ1v) is 7.11. The van der Waals surface area contributed by atoms with Crippen LogP contribution in [0, 0.1) is 5.82 Å². The van der Waals surface area contributed by atoms with Crippen LogP contribution in [0.4, 0.5) is 10.1 Å². The average molecular weight is 245 g/mol. The Balaban J connectivity index is 0. The van der Waals surface area contributed by atoms with Gasteiger partial charge in [0.05, 0.1) is 0 Å². The molecule has 0 aliphatic heterocycles. The van der Waals surface area contributed by atoms with Crippen molar-refractivity contribution in [2.75, 3.05) is 18.2 Å². The normalized spacial score (nSPS) is 8.75. The number of thioether (sulfide) groups is 1. The zero-order valence-electron chi connectivity index (χ0n) is 11.2. The molecule has 1 aromatic rings. The number of benzene rings is 1. The number of nitrogens with two attached hydrogens (primary N) is 1. The van der Waals surface area contributed by atoms with Crippen LogP contribution in [0.2, 0.25) is 0 Å². The Labute approximate surface area is 104 Å². The zero-order valence-corrected chi connectivity index (χ0v) is 12.0. The van der Waals surface area contributed by atoms with E-state index in [2.05, 4.69) is 0 Å². The lowest BCUT2D eigenvalue weighted by Gasteiger charge is -2.09. The second kappa shape index (κ2) is 10.8. The molecule has 0 unspecified atom stereocenters. The third-order valence-corrected chi connectivity index (χ3v) is 1.66. The van der Waals surface area contributed by atoms with Gasteiger partial charge in [-0.3, -0.25) is 0 Å². The lowest BCUT2D eigenvalue weighted by molar-refractivity contribution is 0.600. The van der Waals surface area contributed by atoms with Crippen LogP contribution in [0.5, 0.6) is 0 Å². The van der Waals surface area contributed by atoms with E-state index >= 15 is 0 Å². The molecule has 0 saturated heterocycles. The molecule has 0 heterocycles. The SMILES string of the molecule is CC.CC(C)c1c(N)cccc1F.CSC. The van der Waals surface area contributed by atoms with E-state index in [0.717, 1.165) is 0 Å². The van der Waals surface area contributed by atoms with Crippen molar-refractivity contribution in [2.24, 2.45) is 0 Å². The van der Waals surface area contributed by atoms with E-state index in [0.29, 0.717) is 11.3 Å². The maximum atomic E-state index is 13.0. The van der Waals surface area contributed by atoms with Gasteiger partial charge >= 0.3 is 0 Å². The van der Waals surface area contributed by atoms with E-state index in [1.54, 1.807) is 23.9 Å². The molecule has 94 valence electrons. The van der Waals surface area contributed by atoms with Gasteiger partial charge < -0.3 is 5.73 Å². The van der Waals surface area contributed by atoms with E-state index in [1.807, 2.05) is 40.2 Å². The van der Waals surface area contributed by atoms with Crippen LogP contribution in [0.3, 0.4) is 0 Å². The molecule has 1 aromatic carbocycles. The molecule has 0 spiro atoms. The van der Waals surface area contributed by atoms with Crippen molar-refractivity contribution in [2.45, 2.75) is 33.6 Å². The average Bonchev–Trinajstić information content (AvgIpc) is 2.21. The van der Waals surface area contributed by atoms with E-state index in [4.69, 9.17) is 5.73 Å². The molecule has 0 aliphatic carbocycles. The molecule has 0 fully saturated rings. The van der Waals surface area contributed by atoms with Gasteiger partial charge in [-0.05, 0) is 30.6 Å². The van der Waals surface area contributed by atoms with Crippen molar-refractivity contribution in [3.05, 3.63) is 29.6 Å². The molecular formula is C13H24FNS. The van der Waals surface area contributed by atoms with Crippen molar-refractivity contribution in [3.63, 3.8) is 0 Å². The first-order valence-electron chi connectivity index (χ1n) is 5.48. The first-order chi connectivity index (χ1) is 7.54. The lowest BCUT2D eigenvalue weighted by atomic mass is 10.0. The van der Waals surface area contributed by atoms with E-state index < -0.39 is 0 Å². The molecule has 16 heavy (non-hydrogen) atoms. The highest BCUT2D eigenvalue weighted by Crippen LogP contribution is 2.23. The summed E-state index contributed by atoms with van der Waals surface area (Å²) in [6.45, 7) is 7.85. The largest absolute Gasteiger partial charge is 0.398 e. The molecule has 0 amide bonds. The van der Waals surface area contributed by atoms with Gasteiger partial charge in [0.25, 0.3) is 0 Å². The third kappa shape index (κ3) is 6.72. The molecule has 0 radical (unpaired) electrons. The molecule has 2 N–H and O–H groups in total. The van der Waals surface area contributed by atoms with Crippen molar-refractivity contribution in [1.82, 2.24) is 0 Å². The van der Waals surface area contributed by atoms with Crippen LogP contribution in [0.25, 0.3) is 0 Å². The fourth-order valence-corrected chi connectivity index (χ4v) is 1.16. The fraction of sp³-hybridized carbons (Fsp3) is 0.538. The van der Waals surface area contributed by atoms with Crippen LogP contribution in [0.15, 0.2) is 18.2 Å². The summed E-state index contributed by atoms with van der Waals surface area (Å²) < 4.78 is 13.0. The minimum absolute atomic E-state index is 0.149. The number of hydrogen-bond donors (Lipinski definition) is 1. The predicted molar refractivity (Wildman–Crippen MR) is 75.7 cm³/mol. The number of halogens is 1. The Bertz CT molecular complexity index is 254. The maximum absolute atomic E-state index is 13.0. The highest BCUT2D eigenvalue weighted by Gasteiger charge is 2.08. The van der Waals surface area contributed by atoms with Gasteiger partial charge in [-0.15, -0.1) is 0 Å². The van der Waals surface area contributed by atoms with Gasteiger partial charge in [-0.2, -0.15) is 11.8 Å². The summed E-state index contributed by atoms with van der Waals surface area (Å²) in [5.41, 5.74) is 6.74. The Morgan fingerprint density at radius 3 is 1.88 bits per heavy atom. The summed E-state index contributed by atoms with van der Waals surface area (Å²) in [7, 11) is 0. The minimum atomic E-state index is -0.208. The monoisotopic (exact) mass is 245 g/mol. The number of anilines is 1. The number of rotatable bonds is 1. The van der Waals surface area contributed by atoms with Gasteiger partial charge in [-0.25, -0.2) is 4.39 Å². The summed E-state index contributed by atoms with van der Waals surface area (Å²) in [6.07, 6.45) is 4.08. The van der Waals surface area contributed by atoms with Crippen molar-refractivity contribution < 1.29 is 4.39 Å². The Morgan fingerprint density at radius 2 is 1.62 bits per heavy atom. The van der Waals surface area contributed by atoms with E-state index in [1.165, 1.54) is 6.07 Å². The molecule has 0 bridgehead atoms. The van der Waals surface area contributed by atoms with Crippen LogP contribution < -0.4 is 5.73 Å². The zero-order chi connectivity index (χ0) is 13.1. The third-order valence-electron chi connectivity index (χ3n) is 1.66. The smallest absolute Gasteiger partial charge is 0.128 e. The first kappa shape index (κ1) is 17.7. The lowest BCUT2D eigenvalue weighted by Crippen LogP contribution is -1.99. The highest BCUT2D eigenvalue weighted by atomic mass is 32.2. The van der Waals surface area contributed by atoms with Crippen LogP contribution in [0.1, 0.15) is 39.2 Å². The summed E-state index contributed by atoms with van der Waals surface area (Å²) in [5.74, 6) is -0.0591. The Hall–Kier alpha value is -0.700. The highest BCUT2D eigenvalue weighted by molar-refractivity contribution is 7.97. The molecular weight excluding hydrogens is 221 g/mol. The van der Waals surface area contributed by atoms with Crippen molar-refractivity contribution in [3.8, 4) is 0 Å². The van der Waals surface area contributed by atoms with E-state index in [9.17, 15) is 4.39 Å².